The summed E-state index contributed by atoms with van der Waals surface area (Å²) in [5, 5.41) is 3.00. The van der Waals surface area contributed by atoms with Crippen LogP contribution in [0.3, 0.4) is 0 Å². The van der Waals surface area contributed by atoms with E-state index in [1.807, 2.05) is 47.4 Å². The quantitative estimate of drug-likeness (QED) is 0.704. The van der Waals surface area contributed by atoms with E-state index in [0.29, 0.717) is 31.2 Å². The molecule has 1 unspecified atom stereocenters. The molecule has 7 nitrogen and oxygen atoms in total. The predicted molar refractivity (Wildman–Crippen MR) is 106 cm³/mol. The lowest BCUT2D eigenvalue weighted by atomic mass is 10.2. The van der Waals surface area contributed by atoms with Crippen LogP contribution in [0.15, 0.2) is 42.5 Å². The molecule has 0 spiro atoms. The number of amides is 2. The first-order valence-corrected chi connectivity index (χ1v) is 9.70. The summed E-state index contributed by atoms with van der Waals surface area (Å²) in [6.07, 6.45) is 2.70. The van der Waals surface area contributed by atoms with Crippen LogP contribution in [0, 0.1) is 0 Å². The molecule has 1 aromatic heterocycles. The van der Waals surface area contributed by atoms with Gasteiger partial charge in [-0.3, -0.25) is 0 Å². The number of benzene rings is 2. The van der Waals surface area contributed by atoms with E-state index in [0.717, 1.165) is 41.9 Å². The molecule has 0 radical (unpaired) electrons. The predicted octanol–water partition coefficient (Wildman–Crippen LogP) is 4.09. The number of likely N-dealkylation sites (tertiary alicyclic amines) is 1. The van der Waals surface area contributed by atoms with Crippen molar-refractivity contribution in [1.29, 1.82) is 0 Å². The van der Waals surface area contributed by atoms with Gasteiger partial charge in [0.2, 0.25) is 0 Å². The normalized spacial score (nSPS) is 18.9. The van der Waals surface area contributed by atoms with Gasteiger partial charge in [-0.1, -0.05) is 12.1 Å². The van der Waals surface area contributed by atoms with Crippen LogP contribution < -0.4 is 14.8 Å². The zero-order chi connectivity index (χ0) is 18.9. The van der Waals surface area contributed by atoms with Gasteiger partial charge in [-0.05, 0) is 37.1 Å². The zero-order valence-electron chi connectivity index (χ0n) is 15.5. The molecular weight excluding hydrogens is 356 g/mol. The number of anilines is 1. The maximum absolute atomic E-state index is 13.0. The molecule has 2 N–H and O–H groups in total. The molecule has 2 aliphatic rings. The van der Waals surface area contributed by atoms with Crippen molar-refractivity contribution in [2.75, 3.05) is 25.1 Å². The number of rotatable bonds is 2. The fourth-order valence-electron chi connectivity index (χ4n) is 3.86. The van der Waals surface area contributed by atoms with E-state index in [1.54, 1.807) is 0 Å². The van der Waals surface area contributed by atoms with Crippen molar-refractivity contribution in [3.05, 3.63) is 48.3 Å². The molecular formula is C21H22N4O3. The van der Waals surface area contributed by atoms with Crippen LogP contribution in [0.1, 0.15) is 31.1 Å². The Hall–Kier alpha value is -3.22. The van der Waals surface area contributed by atoms with Crippen molar-refractivity contribution < 1.29 is 14.3 Å². The highest BCUT2D eigenvalue weighted by atomic mass is 16.5. The van der Waals surface area contributed by atoms with Gasteiger partial charge in [-0.15, -0.1) is 0 Å². The Kier molecular flexibility index (Phi) is 4.27. The number of carbonyl (C=O) groups is 1. The highest BCUT2D eigenvalue weighted by Gasteiger charge is 2.32. The van der Waals surface area contributed by atoms with Gasteiger partial charge in [0.1, 0.15) is 5.82 Å². The Balaban J connectivity index is 1.35. The van der Waals surface area contributed by atoms with Crippen molar-refractivity contribution in [3.63, 3.8) is 0 Å². The molecule has 28 heavy (non-hydrogen) atoms. The SMILES string of the molecule is O=C(Nc1ccc2c(c1)OCCCO2)N1CCCC1c1nc2ccccc2[nH]1. The summed E-state index contributed by atoms with van der Waals surface area (Å²) in [5.74, 6) is 2.23. The molecule has 1 saturated heterocycles. The Labute approximate surface area is 162 Å². The minimum Gasteiger partial charge on any atom is -0.490 e. The number of nitrogens with one attached hydrogen (secondary N) is 2. The third kappa shape index (κ3) is 3.13. The Morgan fingerprint density at radius 1 is 1.11 bits per heavy atom. The summed E-state index contributed by atoms with van der Waals surface area (Å²) in [4.78, 5) is 22.9. The van der Waals surface area contributed by atoms with E-state index < -0.39 is 0 Å². The van der Waals surface area contributed by atoms with Crippen LogP contribution in [-0.2, 0) is 0 Å². The van der Waals surface area contributed by atoms with Gasteiger partial charge in [0.05, 0.1) is 30.3 Å². The van der Waals surface area contributed by atoms with Crippen LogP contribution in [0.5, 0.6) is 11.5 Å². The molecule has 2 amide bonds. The van der Waals surface area contributed by atoms with E-state index in [1.165, 1.54) is 0 Å². The van der Waals surface area contributed by atoms with E-state index in [2.05, 4.69) is 15.3 Å². The molecule has 144 valence electrons. The van der Waals surface area contributed by atoms with Gasteiger partial charge in [0.15, 0.2) is 11.5 Å². The number of carbonyl (C=O) groups excluding carboxylic acids is 1. The van der Waals surface area contributed by atoms with Gasteiger partial charge in [0, 0.05) is 24.7 Å². The molecule has 3 aromatic rings. The smallest absolute Gasteiger partial charge is 0.322 e. The van der Waals surface area contributed by atoms with E-state index >= 15 is 0 Å². The fraction of sp³-hybridized carbons (Fsp3) is 0.333. The lowest BCUT2D eigenvalue weighted by Gasteiger charge is -2.23. The number of fused-ring (bicyclic) bond motifs is 2. The molecule has 2 aromatic carbocycles. The van der Waals surface area contributed by atoms with Crippen molar-refractivity contribution in [3.8, 4) is 11.5 Å². The second kappa shape index (κ2) is 7.07. The molecule has 0 saturated carbocycles. The summed E-state index contributed by atoms with van der Waals surface area (Å²) < 4.78 is 11.4. The third-order valence-electron chi connectivity index (χ3n) is 5.24. The maximum atomic E-state index is 13.0. The topological polar surface area (TPSA) is 79.5 Å². The Morgan fingerprint density at radius 3 is 2.86 bits per heavy atom. The highest BCUT2D eigenvalue weighted by Crippen LogP contribution is 2.34. The lowest BCUT2D eigenvalue weighted by Crippen LogP contribution is -2.34. The summed E-state index contributed by atoms with van der Waals surface area (Å²) in [7, 11) is 0. The fourth-order valence-corrected chi connectivity index (χ4v) is 3.86. The second-order valence-electron chi connectivity index (χ2n) is 7.13. The number of aromatic amines is 1. The number of ether oxygens (including phenoxy) is 2. The largest absolute Gasteiger partial charge is 0.490 e. The lowest BCUT2D eigenvalue weighted by molar-refractivity contribution is 0.205. The van der Waals surface area contributed by atoms with E-state index in [4.69, 9.17) is 9.47 Å². The Bertz CT molecular complexity index is 983. The van der Waals surface area contributed by atoms with Crippen LogP contribution >= 0.6 is 0 Å². The summed E-state index contributed by atoms with van der Waals surface area (Å²) in [5.41, 5.74) is 2.62. The zero-order valence-corrected chi connectivity index (χ0v) is 15.5. The van der Waals surface area contributed by atoms with Crippen LogP contribution in [0.4, 0.5) is 10.5 Å². The van der Waals surface area contributed by atoms with Gasteiger partial charge in [-0.25, -0.2) is 9.78 Å². The number of urea groups is 1. The van der Waals surface area contributed by atoms with Crippen molar-refractivity contribution >= 4 is 22.8 Å². The molecule has 7 heteroatoms. The molecule has 0 bridgehead atoms. The first-order chi connectivity index (χ1) is 13.8. The van der Waals surface area contributed by atoms with Gasteiger partial charge >= 0.3 is 6.03 Å². The van der Waals surface area contributed by atoms with Crippen LogP contribution in [0.2, 0.25) is 0 Å². The van der Waals surface area contributed by atoms with Crippen LogP contribution in [0.25, 0.3) is 11.0 Å². The van der Waals surface area contributed by atoms with Crippen LogP contribution in [-0.4, -0.2) is 40.7 Å². The first-order valence-electron chi connectivity index (χ1n) is 9.70. The summed E-state index contributed by atoms with van der Waals surface area (Å²) in [6.45, 7) is 1.97. The van der Waals surface area contributed by atoms with Gasteiger partial charge in [0.25, 0.3) is 0 Å². The average molecular weight is 378 g/mol. The molecule has 0 aliphatic carbocycles. The average Bonchev–Trinajstić information content (AvgIpc) is 3.29. The highest BCUT2D eigenvalue weighted by molar-refractivity contribution is 5.90. The molecule has 1 atom stereocenters. The molecule has 5 rings (SSSR count). The second-order valence-corrected chi connectivity index (χ2v) is 7.13. The minimum absolute atomic E-state index is 0.0483. The number of hydrogen-bond donors (Lipinski definition) is 2. The van der Waals surface area contributed by atoms with Gasteiger partial charge < -0.3 is 24.7 Å². The van der Waals surface area contributed by atoms with Crippen molar-refractivity contribution in [2.45, 2.75) is 25.3 Å². The Morgan fingerprint density at radius 2 is 1.96 bits per heavy atom. The monoisotopic (exact) mass is 378 g/mol. The maximum Gasteiger partial charge on any atom is 0.322 e. The first kappa shape index (κ1) is 16.9. The number of aromatic nitrogens is 2. The number of para-hydroxylation sites is 2. The summed E-state index contributed by atoms with van der Waals surface area (Å²) >= 11 is 0. The minimum atomic E-state index is -0.127. The number of imidazole rings is 1. The van der Waals surface area contributed by atoms with Gasteiger partial charge in [-0.2, -0.15) is 0 Å². The number of H-pyrrole nitrogens is 1. The van der Waals surface area contributed by atoms with E-state index in [-0.39, 0.29) is 12.1 Å². The van der Waals surface area contributed by atoms with Crippen molar-refractivity contribution in [1.82, 2.24) is 14.9 Å². The van der Waals surface area contributed by atoms with Crippen molar-refractivity contribution in [2.24, 2.45) is 0 Å². The summed E-state index contributed by atoms with van der Waals surface area (Å²) in [6, 6.07) is 13.3. The molecule has 3 heterocycles. The number of nitrogens with zero attached hydrogens (tertiary/aromatic N) is 2. The standard InChI is InChI=1S/C21H22N4O3/c26-21(22-14-8-9-18-19(13-14)28-12-4-11-27-18)25-10-3-7-17(25)20-23-15-5-1-2-6-16(15)24-20/h1-2,5-6,8-9,13,17H,3-4,7,10-12H2,(H,22,26)(H,23,24). The number of hydrogen-bond acceptors (Lipinski definition) is 4. The molecule has 1 fully saturated rings. The molecule has 2 aliphatic heterocycles. The third-order valence-corrected chi connectivity index (χ3v) is 5.24. The van der Waals surface area contributed by atoms with E-state index in [9.17, 15) is 4.79 Å².